The molecule has 4 aromatic rings. The Bertz CT molecular complexity index is 4080. The molecule has 58 heteroatoms. The maximum atomic E-state index is 12.8. The van der Waals surface area contributed by atoms with Gasteiger partial charge in [0, 0.05) is 61.0 Å². The number of carbonyl (C=O) groups is 6. The lowest BCUT2D eigenvalue weighted by molar-refractivity contribution is -0.122. The van der Waals surface area contributed by atoms with Crippen molar-refractivity contribution in [3.63, 3.8) is 0 Å². The quantitative estimate of drug-likeness (QED) is 0.0126. The van der Waals surface area contributed by atoms with Gasteiger partial charge < -0.3 is 122 Å². The number of nitrogens with one attached hydrogen (secondary N) is 10. The van der Waals surface area contributed by atoms with Crippen LogP contribution in [0.15, 0.2) is 25.3 Å². The molecule has 0 aromatic carbocycles. The molecule has 104 heavy (non-hydrogen) atoms. The summed E-state index contributed by atoms with van der Waals surface area (Å²) in [6, 6.07) is 0.104. The molecular weight excluding hydrogens is 1560 g/mol. The smallest absolute Gasteiger partial charge is 0.440 e. The summed E-state index contributed by atoms with van der Waals surface area (Å²) in [5.74, 6) is 1.18. The zero-order valence-corrected chi connectivity index (χ0v) is 60.6. The van der Waals surface area contributed by atoms with Crippen molar-refractivity contribution in [2.45, 2.75) is 135 Å². The molecule has 10 rings (SSSR count). The van der Waals surface area contributed by atoms with Gasteiger partial charge in [0.15, 0.2) is 47.6 Å². The summed E-state index contributed by atoms with van der Waals surface area (Å²) in [7, 11) is -33.1. The Morgan fingerprint density at radius 3 is 1.41 bits per heavy atom. The number of phosphoric acid groups is 2. The minimum atomic E-state index is -5.59. The van der Waals surface area contributed by atoms with Crippen molar-refractivity contribution in [1.82, 2.24) is 91.3 Å². The Labute approximate surface area is 594 Å². The van der Waals surface area contributed by atoms with E-state index >= 15 is 0 Å². The Hall–Kier alpha value is -5.92. The first-order valence-corrected chi connectivity index (χ1v) is 42.4. The summed E-state index contributed by atoms with van der Waals surface area (Å²) in [5, 5.41) is 44.5. The fraction of sp³-hybridized carbons (Fsp3) is 0.652. The average molecular weight is 1640 g/mol. The first kappa shape index (κ1) is 82.1. The number of alkyl carbamates (subject to hydrolysis) is 2. The molecule has 4 unspecified atom stereocenters. The van der Waals surface area contributed by atoms with Gasteiger partial charge in [0.25, 0.3) is 0 Å². The molecule has 4 aromatic heterocycles. The third-order valence-electron chi connectivity index (χ3n) is 15.8. The molecule has 8 amide bonds. The number of aliphatic hydroxyl groups excluding tert-OH is 2. The lowest BCUT2D eigenvalue weighted by atomic mass is 10.0. The van der Waals surface area contributed by atoms with Gasteiger partial charge >= 0.3 is 70.9 Å². The molecule has 0 radical (unpaired) electrons. The second-order valence-electron chi connectivity index (χ2n) is 23.3. The highest BCUT2D eigenvalue weighted by molar-refractivity contribution is 8.00. The minimum absolute atomic E-state index is 0.00894. The minimum Gasteiger partial charge on any atom is -0.440 e. The predicted octanol–water partition coefficient (Wildman–Crippen LogP) is -2.96. The largest absolute Gasteiger partial charge is 0.480 e. The van der Waals surface area contributed by atoms with Crippen LogP contribution in [0.3, 0.4) is 0 Å². The molecule has 10 heterocycles. The van der Waals surface area contributed by atoms with Crippen LogP contribution in [0.2, 0.25) is 0 Å². The Kier molecular flexibility index (Phi) is 27.6. The summed E-state index contributed by atoms with van der Waals surface area (Å²) in [4.78, 5) is 173. The molecule has 0 bridgehead atoms. The molecular formula is C46H74N20O30P6S2. The topological polar surface area (TPSA) is 741 Å². The van der Waals surface area contributed by atoms with Crippen molar-refractivity contribution in [3.05, 3.63) is 25.3 Å². The van der Waals surface area contributed by atoms with Crippen LogP contribution in [0.25, 0.3) is 22.3 Å². The van der Waals surface area contributed by atoms with Gasteiger partial charge in [0.2, 0.25) is 11.8 Å². The van der Waals surface area contributed by atoms with Crippen molar-refractivity contribution in [3.8, 4) is 0 Å². The number of nitrogen functional groups attached to an aromatic ring is 2. The molecule has 6 aliphatic heterocycles. The van der Waals surface area contributed by atoms with Crippen LogP contribution in [0, 0.1) is 0 Å². The van der Waals surface area contributed by atoms with E-state index in [1.165, 1.54) is 21.8 Å². The van der Waals surface area contributed by atoms with Crippen molar-refractivity contribution in [2.75, 3.05) is 62.4 Å². The van der Waals surface area contributed by atoms with Gasteiger partial charge in [-0.05, 0) is 25.7 Å². The van der Waals surface area contributed by atoms with Crippen molar-refractivity contribution < 1.29 is 142 Å². The molecule has 0 saturated carbocycles. The fourth-order valence-electron chi connectivity index (χ4n) is 11.4. The number of fused-ring (bicyclic) bond motifs is 4. The van der Waals surface area contributed by atoms with Crippen LogP contribution in [-0.2, 0) is 73.6 Å². The van der Waals surface area contributed by atoms with E-state index in [1.54, 1.807) is 23.5 Å². The second kappa shape index (κ2) is 35.0. The van der Waals surface area contributed by atoms with Crippen LogP contribution in [0.5, 0.6) is 0 Å². The van der Waals surface area contributed by atoms with E-state index in [4.69, 9.17) is 54.5 Å². The Morgan fingerprint density at radius 2 is 0.962 bits per heavy atom. The molecule has 24 N–H and O–H groups in total. The van der Waals surface area contributed by atoms with E-state index in [0.717, 1.165) is 59.6 Å². The number of amides is 8. The van der Waals surface area contributed by atoms with Crippen LogP contribution in [-0.4, -0.2) is 247 Å². The normalized spacial score (nSPS) is 28.0. The van der Waals surface area contributed by atoms with Crippen molar-refractivity contribution in [1.29, 1.82) is 0 Å². The third kappa shape index (κ3) is 23.1. The lowest BCUT2D eigenvalue weighted by Gasteiger charge is -2.22. The van der Waals surface area contributed by atoms with E-state index in [0.29, 0.717) is 12.8 Å². The molecule has 0 spiro atoms. The van der Waals surface area contributed by atoms with Crippen LogP contribution in [0.1, 0.15) is 63.8 Å². The van der Waals surface area contributed by atoms with Crippen LogP contribution < -0.4 is 63.7 Å². The lowest BCUT2D eigenvalue weighted by Crippen LogP contribution is -2.42. The number of anilines is 2. The number of rotatable bonds is 34. The number of imidazole rings is 2. The summed E-state index contributed by atoms with van der Waals surface area (Å²) in [6.45, 7) is -2.20. The molecule has 18 atom stereocenters. The fourth-order valence-corrected chi connectivity index (χ4v) is 21.3. The van der Waals surface area contributed by atoms with Gasteiger partial charge in [0.05, 0.1) is 50.0 Å². The van der Waals surface area contributed by atoms with Gasteiger partial charge in [-0.15, -0.1) is 9.72 Å². The molecule has 0 aliphatic carbocycles. The van der Waals surface area contributed by atoms with Crippen molar-refractivity contribution in [2.24, 2.45) is 0 Å². The third-order valence-corrected chi connectivity index (χ3v) is 27.3. The van der Waals surface area contributed by atoms with E-state index < -0.39 is 121 Å². The summed E-state index contributed by atoms with van der Waals surface area (Å²) in [5.41, 5.74) is 12.1. The maximum Gasteiger partial charge on any atom is 0.480 e. The summed E-state index contributed by atoms with van der Waals surface area (Å²) >= 11 is 3.57. The van der Waals surface area contributed by atoms with Gasteiger partial charge in [-0.3, -0.25) is 27.8 Å². The summed E-state index contributed by atoms with van der Waals surface area (Å²) in [6.07, 6.45) is -5.32. The van der Waals surface area contributed by atoms with Gasteiger partial charge in [0.1, 0.15) is 48.1 Å². The number of carbonyl (C=O) groups excluding carboxylic acids is 6. The number of ether oxygens (including phenoxy) is 4. The zero-order chi connectivity index (χ0) is 75.7. The highest BCUT2D eigenvalue weighted by Crippen LogP contribution is 2.63. The number of aliphatic hydroxyl groups is 2. The van der Waals surface area contributed by atoms with E-state index in [2.05, 4.69) is 85.6 Å². The van der Waals surface area contributed by atoms with Crippen molar-refractivity contribution >= 4 is 140 Å². The number of aromatic nitrogens is 8. The SMILES string of the molecule is Nc1ncnc2c1ncn2[C@@H]1O[C@H](COP(=O)(O)OP(=O)(O)NP(=O)(O)O)[C@@H](O)[C@H]1OC(=O)NCCNC(=O)CCCC[C@@H]1SC[C@@H]2NC(=O)N[C@@H]21.Nc1ncnc2c1ncn2[C@@H]1O[C@H](COP(=O)(O)OP(=O)(O)NP(=O)(O)O)[C@@H](OC(=O)NCCNC(=O)CCCC[C@@H]2SC[C@@H]3NC(=O)N[C@@H]32)[C@H]1O. The molecule has 6 fully saturated rings. The Morgan fingerprint density at radius 1 is 0.548 bits per heavy atom. The van der Waals surface area contributed by atoms with E-state index in [1.807, 2.05) is 0 Å². The number of thioether (sulfide) groups is 2. The zero-order valence-electron chi connectivity index (χ0n) is 53.6. The summed E-state index contributed by atoms with van der Waals surface area (Å²) < 4.78 is 112. The predicted molar refractivity (Wildman–Crippen MR) is 354 cm³/mol. The van der Waals surface area contributed by atoms with Gasteiger partial charge in [-0.2, -0.15) is 32.1 Å². The monoisotopic (exact) mass is 1640 g/mol. The maximum absolute atomic E-state index is 12.8. The van der Waals surface area contributed by atoms with Gasteiger partial charge in [-0.25, -0.2) is 76.5 Å². The van der Waals surface area contributed by atoms with Crippen LogP contribution >= 0.6 is 70.2 Å². The highest BCUT2D eigenvalue weighted by atomic mass is 32.2. The molecule has 50 nitrogen and oxygen atoms in total. The number of hydrogen-bond donors (Lipinski definition) is 22. The number of nitrogens with zero attached hydrogens (tertiary/aromatic N) is 8. The van der Waals surface area contributed by atoms with E-state index in [9.17, 15) is 85.9 Å². The first-order valence-electron chi connectivity index (χ1n) is 30.9. The number of phosphoric ester groups is 2. The number of unbranched alkanes of at least 4 members (excludes halogenated alkanes) is 2. The average Bonchev–Trinajstić information content (AvgIpc) is 1.62. The number of hydrogen-bond acceptors (Lipinski definition) is 32. The van der Waals surface area contributed by atoms with Crippen LogP contribution in [0.4, 0.5) is 30.8 Å². The molecule has 6 aliphatic rings. The molecule has 580 valence electrons. The molecule has 6 saturated heterocycles. The van der Waals surface area contributed by atoms with Gasteiger partial charge in [-0.1, -0.05) is 12.8 Å². The van der Waals surface area contributed by atoms with E-state index in [-0.39, 0.29) is 132 Å². The highest BCUT2D eigenvalue weighted by Gasteiger charge is 2.52. The Balaban J connectivity index is 0.000000241. The standard InChI is InChI=1S/2C23H37N10O15P3S/c24-19-16-20(28-9-27-19)33(10-29-16)21-17(35)18(12(46-21)7-45-51(43,44)48-50(41,42)32-49(38,39)40)47-23(37)26-6-5-25-14(34)4-2-1-3-13-15-11(8-52-13)30-22(36)31-15;24-19-16-20(28-9-27-19)33(10-29-16)21-18(17(35)12(46-21)7-45-51(43,44)48-50(41,42)32-49(38,39)40)47-23(37)26-6-5-25-14(34)4-2-1-3-13-15-11(8-52-13)30-22(36)31-15/h2*9-13,15,17-18,21,35H,1-8H2,(H,25,34)(H,26,37)(H,43,44)(H2,24,27,28)(H2,30,31,36)(H4,32,38,39,40,41,42)/t2*11-,12+,13-,15-,17+,18+,21+/m00/s1. The second-order valence-corrected chi connectivity index (χ2v) is 35.4. The number of urea groups is 2. The number of nitrogens with two attached hydrogens (primary N) is 2. The first-order chi connectivity index (χ1) is 48.8.